The lowest BCUT2D eigenvalue weighted by Gasteiger charge is -2.21. The van der Waals surface area contributed by atoms with Gasteiger partial charge in [-0.25, -0.2) is 0 Å². The van der Waals surface area contributed by atoms with Crippen molar-refractivity contribution in [1.29, 1.82) is 0 Å². The van der Waals surface area contributed by atoms with Crippen LogP contribution >= 0.6 is 0 Å². The Kier molecular flexibility index (Phi) is 8.23. The number of nitrogens with two attached hydrogens (primary N) is 1. The van der Waals surface area contributed by atoms with Gasteiger partial charge < -0.3 is 31.3 Å². The first-order valence-corrected chi connectivity index (χ1v) is 5.52. The Morgan fingerprint density at radius 1 is 1.00 bits per heavy atom. The minimum Gasteiger partial charge on any atom is -0.394 e. The van der Waals surface area contributed by atoms with Crippen LogP contribution in [-0.2, 0) is 4.79 Å². The lowest BCUT2D eigenvalue weighted by Crippen LogP contribution is -2.46. The van der Waals surface area contributed by atoms with Crippen molar-refractivity contribution in [2.75, 3.05) is 13.2 Å². The predicted octanol–water partition coefficient (Wildman–Crippen LogP) is -2.88. The van der Waals surface area contributed by atoms with Crippen molar-refractivity contribution >= 4 is 5.78 Å². The van der Waals surface area contributed by atoms with Crippen LogP contribution in [0.5, 0.6) is 0 Å². The van der Waals surface area contributed by atoms with Crippen LogP contribution in [0.4, 0.5) is 0 Å². The SMILES string of the molecule is NCCCCC(O)[C@@H](O)C(=O)[C@H](O)[C@H](O)CO. The molecule has 4 atom stereocenters. The number of rotatable bonds is 9. The molecule has 0 aliphatic rings. The summed E-state index contributed by atoms with van der Waals surface area (Å²) < 4.78 is 0. The van der Waals surface area contributed by atoms with E-state index in [1.807, 2.05) is 0 Å². The molecule has 7 nitrogen and oxygen atoms in total. The van der Waals surface area contributed by atoms with Gasteiger partial charge in [0.15, 0.2) is 5.78 Å². The number of Topliss-reactive ketones (excluding diaryl/α,β-unsaturated/α-hetero) is 1. The van der Waals surface area contributed by atoms with Crippen molar-refractivity contribution in [1.82, 2.24) is 0 Å². The molecule has 0 aliphatic heterocycles. The molecular weight excluding hydrogens is 230 g/mol. The third-order valence-electron chi connectivity index (χ3n) is 2.45. The average Bonchev–Trinajstić information content (AvgIpc) is 2.35. The fourth-order valence-corrected chi connectivity index (χ4v) is 1.31. The van der Waals surface area contributed by atoms with E-state index in [2.05, 4.69) is 0 Å². The van der Waals surface area contributed by atoms with Crippen molar-refractivity contribution in [2.45, 2.75) is 43.7 Å². The Morgan fingerprint density at radius 3 is 2.00 bits per heavy atom. The zero-order valence-corrected chi connectivity index (χ0v) is 9.57. The average molecular weight is 251 g/mol. The number of aliphatic hydroxyl groups excluding tert-OH is 5. The van der Waals surface area contributed by atoms with Crippen LogP contribution in [0, 0.1) is 0 Å². The molecule has 0 heterocycles. The Bertz CT molecular complexity index is 225. The lowest BCUT2D eigenvalue weighted by molar-refractivity contribution is -0.149. The Hall–Kier alpha value is -0.570. The highest BCUT2D eigenvalue weighted by Crippen LogP contribution is 2.09. The van der Waals surface area contributed by atoms with E-state index in [4.69, 9.17) is 15.9 Å². The van der Waals surface area contributed by atoms with Crippen LogP contribution < -0.4 is 5.73 Å². The van der Waals surface area contributed by atoms with Crippen LogP contribution in [0.1, 0.15) is 19.3 Å². The summed E-state index contributed by atoms with van der Waals surface area (Å²) in [5.74, 6) is -1.10. The van der Waals surface area contributed by atoms with Gasteiger partial charge in [-0.3, -0.25) is 4.79 Å². The van der Waals surface area contributed by atoms with Gasteiger partial charge >= 0.3 is 0 Å². The quantitative estimate of drug-likeness (QED) is 0.241. The third-order valence-corrected chi connectivity index (χ3v) is 2.45. The summed E-state index contributed by atoms with van der Waals surface area (Å²) in [6.07, 6.45) is -5.28. The molecule has 0 aromatic heterocycles. The molecule has 0 aromatic rings. The zero-order chi connectivity index (χ0) is 13.4. The number of aliphatic hydroxyl groups is 5. The number of carbonyl (C=O) groups is 1. The molecule has 0 bridgehead atoms. The minimum atomic E-state index is -1.90. The molecule has 0 radical (unpaired) electrons. The van der Waals surface area contributed by atoms with Crippen molar-refractivity contribution in [2.24, 2.45) is 5.73 Å². The molecular formula is C10H21NO6. The summed E-state index contributed by atoms with van der Waals surface area (Å²) in [5, 5.41) is 45.6. The van der Waals surface area contributed by atoms with Crippen LogP contribution in [-0.4, -0.2) is 68.9 Å². The highest BCUT2D eigenvalue weighted by atomic mass is 16.4. The van der Waals surface area contributed by atoms with E-state index in [0.29, 0.717) is 19.4 Å². The monoisotopic (exact) mass is 251 g/mol. The van der Waals surface area contributed by atoms with Crippen LogP contribution in [0.25, 0.3) is 0 Å². The van der Waals surface area contributed by atoms with Crippen LogP contribution in [0.3, 0.4) is 0 Å². The van der Waals surface area contributed by atoms with Gasteiger partial charge in [-0.1, -0.05) is 0 Å². The van der Waals surface area contributed by atoms with Crippen LogP contribution in [0.15, 0.2) is 0 Å². The molecule has 0 amide bonds. The molecule has 0 spiro atoms. The second-order valence-corrected chi connectivity index (χ2v) is 3.89. The van der Waals surface area contributed by atoms with E-state index in [9.17, 15) is 20.1 Å². The van der Waals surface area contributed by atoms with Crippen molar-refractivity contribution in [3.8, 4) is 0 Å². The Balaban J connectivity index is 4.18. The molecule has 17 heavy (non-hydrogen) atoms. The van der Waals surface area contributed by atoms with E-state index < -0.39 is 36.8 Å². The Morgan fingerprint density at radius 2 is 1.53 bits per heavy atom. The van der Waals surface area contributed by atoms with E-state index in [0.717, 1.165) is 0 Å². The molecule has 102 valence electrons. The summed E-state index contributed by atoms with van der Waals surface area (Å²) >= 11 is 0. The first-order chi connectivity index (χ1) is 7.95. The second-order valence-electron chi connectivity index (χ2n) is 3.89. The van der Waals surface area contributed by atoms with Gasteiger partial charge in [-0.2, -0.15) is 0 Å². The number of carbonyl (C=O) groups excluding carboxylic acids is 1. The third kappa shape index (κ3) is 5.53. The van der Waals surface area contributed by atoms with Gasteiger partial charge in [0, 0.05) is 0 Å². The summed E-state index contributed by atoms with van der Waals surface area (Å²) in [4.78, 5) is 11.4. The molecule has 0 aromatic carbocycles. The van der Waals surface area contributed by atoms with Gasteiger partial charge in [0.05, 0.1) is 12.7 Å². The van der Waals surface area contributed by atoms with E-state index in [-0.39, 0.29) is 6.42 Å². The fraction of sp³-hybridized carbons (Fsp3) is 0.900. The minimum absolute atomic E-state index is 0.173. The van der Waals surface area contributed by atoms with E-state index in [1.54, 1.807) is 0 Å². The van der Waals surface area contributed by atoms with Gasteiger partial charge in [0.25, 0.3) is 0 Å². The first-order valence-electron chi connectivity index (χ1n) is 5.52. The Labute approximate surface area is 99.5 Å². The highest BCUT2D eigenvalue weighted by Gasteiger charge is 2.32. The molecule has 7 N–H and O–H groups in total. The fourth-order valence-electron chi connectivity index (χ4n) is 1.31. The molecule has 7 heteroatoms. The summed E-state index contributed by atoms with van der Waals surface area (Å²) in [6.45, 7) is -0.356. The zero-order valence-electron chi connectivity index (χ0n) is 9.57. The molecule has 1 unspecified atom stereocenters. The van der Waals surface area contributed by atoms with Crippen molar-refractivity contribution < 1.29 is 30.3 Å². The number of hydrogen-bond donors (Lipinski definition) is 6. The van der Waals surface area contributed by atoms with Crippen molar-refractivity contribution in [3.05, 3.63) is 0 Å². The highest BCUT2D eigenvalue weighted by molar-refractivity contribution is 5.88. The summed E-state index contributed by atoms with van der Waals surface area (Å²) in [6, 6.07) is 0. The van der Waals surface area contributed by atoms with E-state index in [1.165, 1.54) is 0 Å². The van der Waals surface area contributed by atoms with E-state index >= 15 is 0 Å². The second kappa shape index (κ2) is 8.51. The largest absolute Gasteiger partial charge is 0.394 e. The normalized spacial score (nSPS) is 18.5. The standard InChI is InChI=1S/C10H21NO6/c11-4-2-1-3-6(13)8(15)10(17)9(16)7(14)5-12/h6-9,12-16H,1-5,11H2/t6?,7-,8-,9-/m1/s1. The van der Waals surface area contributed by atoms with Crippen LogP contribution in [0.2, 0.25) is 0 Å². The molecule has 0 fully saturated rings. The summed E-state index contributed by atoms with van der Waals surface area (Å²) in [7, 11) is 0. The number of ketones is 1. The van der Waals surface area contributed by atoms with Gasteiger partial charge in [0.1, 0.15) is 18.3 Å². The van der Waals surface area contributed by atoms with Gasteiger partial charge in [-0.15, -0.1) is 0 Å². The van der Waals surface area contributed by atoms with Gasteiger partial charge in [-0.05, 0) is 25.8 Å². The maximum Gasteiger partial charge on any atom is 0.195 e. The maximum atomic E-state index is 11.4. The molecule has 0 aliphatic carbocycles. The smallest absolute Gasteiger partial charge is 0.195 e. The summed E-state index contributed by atoms with van der Waals surface area (Å²) in [5.41, 5.74) is 5.24. The van der Waals surface area contributed by atoms with Crippen molar-refractivity contribution in [3.63, 3.8) is 0 Å². The maximum absolute atomic E-state index is 11.4. The predicted molar refractivity (Wildman–Crippen MR) is 59.0 cm³/mol. The number of hydrogen-bond acceptors (Lipinski definition) is 7. The molecule has 0 saturated carbocycles. The van der Waals surface area contributed by atoms with Gasteiger partial charge in [0.2, 0.25) is 0 Å². The number of unbranched alkanes of at least 4 members (excludes halogenated alkanes) is 1. The molecule has 0 saturated heterocycles. The first kappa shape index (κ1) is 16.4. The topological polar surface area (TPSA) is 144 Å². The lowest BCUT2D eigenvalue weighted by atomic mass is 9.98. The molecule has 0 rings (SSSR count).